The van der Waals surface area contributed by atoms with Crippen molar-refractivity contribution >= 4 is 17.6 Å². The molecular weight excluding hydrogens is 222 g/mol. The van der Waals surface area contributed by atoms with Gasteiger partial charge < -0.3 is 9.64 Å². The SMILES string of the molecule is CC(=O)N1CCC(C(=N)N2CCOCC2)C1=O. The molecule has 2 saturated heterocycles. The van der Waals surface area contributed by atoms with Gasteiger partial charge in [-0.15, -0.1) is 0 Å². The molecule has 0 radical (unpaired) electrons. The molecule has 0 saturated carbocycles. The van der Waals surface area contributed by atoms with Crippen molar-refractivity contribution in [2.75, 3.05) is 32.8 Å². The molecule has 1 N–H and O–H groups in total. The van der Waals surface area contributed by atoms with E-state index in [9.17, 15) is 9.59 Å². The van der Waals surface area contributed by atoms with E-state index in [2.05, 4.69) is 0 Å². The maximum atomic E-state index is 11.9. The molecule has 6 nitrogen and oxygen atoms in total. The first-order chi connectivity index (χ1) is 8.11. The van der Waals surface area contributed by atoms with Gasteiger partial charge >= 0.3 is 0 Å². The highest BCUT2D eigenvalue weighted by Gasteiger charge is 2.38. The van der Waals surface area contributed by atoms with Crippen molar-refractivity contribution in [3.8, 4) is 0 Å². The number of rotatable bonds is 1. The molecule has 6 heteroatoms. The zero-order valence-corrected chi connectivity index (χ0v) is 9.94. The van der Waals surface area contributed by atoms with Gasteiger partial charge in [0.25, 0.3) is 0 Å². The third kappa shape index (κ3) is 2.31. The largest absolute Gasteiger partial charge is 0.378 e. The maximum Gasteiger partial charge on any atom is 0.239 e. The molecule has 0 aromatic carbocycles. The molecule has 2 aliphatic heterocycles. The summed E-state index contributed by atoms with van der Waals surface area (Å²) in [7, 11) is 0. The van der Waals surface area contributed by atoms with Gasteiger partial charge in [-0.05, 0) is 6.42 Å². The molecule has 1 unspecified atom stereocenters. The Morgan fingerprint density at radius 3 is 2.53 bits per heavy atom. The van der Waals surface area contributed by atoms with E-state index in [0.29, 0.717) is 45.1 Å². The Morgan fingerprint density at radius 1 is 1.35 bits per heavy atom. The van der Waals surface area contributed by atoms with Crippen LogP contribution in [0.15, 0.2) is 0 Å². The second-order valence-electron chi connectivity index (χ2n) is 4.33. The molecule has 0 spiro atoms. The number of amidine groups is 1. The lowest BCUT2D eigenvalue weighted by Gasteiger charge is -2.31. The number of hydrogen-bond acceptors (Lipinski definition) is 4. The van der Waals surface area contributed by atoms with Crippen molar-refractivity contribution < 1.29 is 14.3 Å². The molecule has 2 rings (SSSR count). The number of ether oxygens (including phenoxy) is 1. The van der Waals surface area contributed by atoms with Crippen molar-refractivity contribution in [3.63, 3.8) is 0 Å². The lowest BCUT2D eigenvalue weighted by atomic mass is 10.1. The van der Waals surface area contributed by atoms with Gasteiger partial charge in [0.05, 0.1) is 19.1 Å². The summed E-state index contributed by atoms with van der Waals surface area (Å²) in [6, 6.07) is 0. The van der Waals surface area contributed by atoms with Crippen molar-refractivity contribution in [2.45, 2.75) is 13.3 Å². The van der Waals surface area contributed by atoms with Crippen LogP contribution in [0.2, 0.25) is 0 Å². The van der Waals surface area contributed by atoms with Crippen molar-refractivity contribution in [1.29, 1.82) is 5.41 Å². The third-order valence-corrected chi connectivity index (χ3v) is 3.27. The fraction of sp³-hybridized carbons (Fsp3) is 0.727. The minimum Gasteiger partial charge on any atom is -0.378 e. The molecule has 0 bridgehead atoms. The number of morpholine rings is 1. The fourth-order valence-electron chi connectivity index (χ4n) is 2.27. The highest BCUT2D eigenvalue weighted by Crippen LogP contribution is 2.21. The molecular formula is C11H17N3O3. The number of imide groups is 1. The average molecular weight is 239 g/mol. The normalized spacial score (nSPS) is 25.2. The number of carbonyl (C=O) groups excluding carboxylic acids is 2. The predicted molar refractivity (Wildman–Crippen MR) is 60.6 cm³/mol. The Hall–Kier alpha value is -1.43. The second-order valence-corrected chi connectivity index (χ2v) is 4.33. The highest BCUT2D eigenvalue weighted by molar-refractivity contribution is 6.08. The summed E-state index contributed by atoms with van der Waals surface area (Å²) in [6.07, 6.45) is 0.564. The van der Waals surface area contributed by atoms with E-state index in [1.54, 1.807) is 0 Å². The number of nitrogens with one attached hydrogen (secondary N) is 1. The molecule has 94 valence electrons. The first-order valence-electron chi connectivity index (χ1n) is 5.84. The van der Waals surface area contributed by atoms with Crippen molar-refractivity contribution in [1.82, 2.24) is 9.80 Å². The van der Waals surface area contributed by atoms with Gasteiger partial charge in [-0.1, -0.05) is 0 Å². The van der Waals surface area contributed by atoms with Gasteiger partial charge in [-0.2, -0.15) is 0 Å². The predicted octanol–water partition coefficient (Wildman–Crippen LogP) is -0.309. The lowest BCUT2D eigenvalue weighted by molar-refractivity contribution is -0.141. The van der Waals surface area contributed by atoms with Gasteiger partial charge in [0.1, 0.15) is 5.84 Å². The van der Waals surface area contributed by atoms with E-state index in [1.807, 2.05) is 4.90 Å². The molecule has 2 aliphatic rings. The Kier molecular flexibility index (Phi) is 3.42. The van der Waals surface area contributed by atoms with E-state index < -0.39 is 5.92 Å². The Labute approximate surface area is 100 Å². The topological polar surface area (TPSA) is 73.7 Å². The Bertz CT molecular complexity index is 350. The van der Waals surface area contributed by atoms with Crippen molar-refractivity contribution in [2.24, 2.45) is 5.92 Å². The van der Waals surface area contributed by atoms with Crippen LogP contribution in [0, 0.1) is 11.3 Å². The van der Waals surface area contributed by atoms with Crippen LogP contribution < -0.4 is 0 Å². The van der Waals surface area contributed by atoms with Crippen LogP contribution in [0.5, 0.6) is 0 Å². The minimum atomic E-state index is -0.447. The number of amides is 2. The summed E-state index contributed by atoms with van der Waals surface area (Å²) < 4.78 is 5.21. The maximum absolute atomic E-state index is 11.9. The van der Waals surface area contributed by atoms with Crippen molar-refractivity contribution in [3.05, 3.63) is 0 Å². The van der Waals surface area contributed by atoms with Crippen LogP contribution in [-0.4, -0.2) is 60.3 Å². The number of nitrogens with zero attached hydrogens (tertiary/aromatic N) is 2. The molecule has 0 aromatic rings. The third-order valence-electron chi connectivity index (χ3n) is 3.27. The molecule has 17 heavy (non-hydrogen) atoms. The summed E-state index contributed by atoms with van der Waals surface area (Å²) in [4.78, 5) is 26.2. The molecule has 0 aliphatic carbocycles. The van der Waals surface area contributed by atoms with E-state index >= 15 is 0 Å². The summed E-state index contributed by atoms with van der Waals surface area (Å²) >= 11 is 0. The second kappa shape index (κ2) is 4.83. The zero-order valence-electron chi connectivity index (χ0n) is 9.94. The Morgan fingerprint density at radius 2 is 2.00 bits per heavy atom. The molecule has 2 fully saturated rings. The van der Waals surface area contributed by atoms with Crippen LogP contribution >= 0.6 is 0 Å². The van der Waals surface area contributed by atoms with E-state index in [1.165, 1.54) is 11.8 Å². The van der Waals surface area contributed by atoms with E-state index in [-0.39, 0.29) is 11.8 Å². The highest BCUT2D eigenvalue weighted by atomic mass is 16.5. The first kappa shape index (κ1) is 12.0. The van der Waals surface area contributed by atoms with E-state index in [0.717, 1.165) is 0 Å². The monoisotopic (exact) mass is 239 g/mol. The minimum absolute atomic E-state index is 0.228. The van der Waals surface area contributed by atoms with Gasteiger partial charge in [0.2, 0.25) is 11.8 Å². The van der Waals surface area contributed by atoms with E-state index in [4.69, 9.17) is 10.1 Å². The van der Waals surface area contributed by atoms with Gasteiger partial charge in [-0.3, -0.25) is 19.9 Å². The molecule has 1 atom stereocenters. The van der Waals surface area contributed by atoms with Gasteiger partial charge in [-0.25, -0.2) is 0 Å². The zero-order chi connectivity index (χ0) is 12.4. The summed E-state index contributed by atoms with van der Waals surface area (Å²) in [5.41, 5.74) is 0. The summed E-state index contributed by atoms with van der Waals surface area (Å²) in [6.45, 7) is 4.33. The standard InChI is InChI=1S/C11H17N3O3/c1-8(15)14-3-2-9(11(14)16)10(12)13-4-6-17-7-5-13/h9,12H,2-7H2,1H3. The van der Waals surface area contributed by atoms with Crippen LogP contribution in [0.1, 0.15) is 13.3 Å². The first-order valence-corrected chi connectivity index (χ1v) is 5.84. The summed E-state index contributed by atoms with van der Waals surface area (Å²) in [5, 5.41) is 8.05. The van der Waals surface area contributed by atoms with Gasteiger partial charge in [0, 0.05) is 26.6 Å². The van der Waals surface area contributed by atoms with Crippen LogP contribution in [0.3, 0.4) is 0 Å². The fourth-order valence-corrected chi connectivity index (χ4v) is 2.27. The van der Waals surface area contributed by atoms with Crippen LogP contribution in [0.25, 0.3) is 0 Å². The number of carbonyl (C=O) groups is 2. The smallest absolute Gasteiger partial charge is 0.239 e. The number of likely N-dealkylation sites (tertiary alicyclic amines) is 1. The lowest BCUT2D eigenvalue weighted by Crippen LogP contribution is -2.45. The van der Waals surface area contributed by atoms with Gasteiger partial charge in [0.15, 0.2) is 0 Å². The summed E-state index contributed by atoms with van der Waals surface area (Å²) in [5.74, 6) is -0.569. The Balaban J connectivity index is 2.01. The average Bonchev–Trinajstić information content (AvgIpc) is 2.71. The molecule has 2 amide bonds. The number of hydrogen-bond donors (Lipinski definition) is 1. The van der Waals surface area contributed by atoms with Crippen LogP contribution in [0.4, 0.5) is 0 Å². The van der Waals surface area contributed by atoms with Crippen LogP contribution in [-0.2, 0) is 14.3 Å². The quantitative estimate of drug-likeness (QED) is 0.503. The molecule has 2 heterocycles. The molecule has 0 aromatic heterocycles.